The lowest BCUT2D eigenvalue weighted by atomic mass is 9.99. The zero-order chi connectivity index (χ0) is 14.2. The lowest BCUT2D eigenvalue weighted by Crippen LogP contribution is -2.38. The summed E-state index contributed by atoms with van der Waals surface area (Å²) in [6, 6.07) is 0. The quantitative estimate of drug-likeness (QED) is 0.793. The van der Waals surface area contributed by atoms with Gasteiger partial charge in [-0.3, -0.25) is 9.58 Å². The number of nitrogens with zero attached hydrogens (tertiary/aromatic N) is 3. The van der Waals surface area contributed by atoms with Gasteiger partial charge in [-0.15, -0.1) is 0 Å². The van der Waals surface area contributed by atoms with Crippen molar-refractivity contribution in [1.29, 1.82) is 0 Å². The Balaban J connectivity index is 1.86. The van der Waals surface area contributed by atoms with Gasteiger partial charge in [0.25, 0.3) is 0 Å². The molecule has 1 unspecified atom stereocenters. The average molecular weight is 278 g/mol. The summed E-state index contributed by atoms with van der Waals surface area (Å²) in [7, 11) is 0. The Morgan fingerprint density at radius 2 is 2.30 bits per heavy atom. The van der Waals surface area contributed by atoms with E-state index in [9.17, 15) is 0 Å². The number of piperidine rings is 1. The van der Waals surface area contributed by atoms with Gasteiger partial charge >= 0.3 is 0 Å². The molecule has 0 aromatic carbocycles. The van der Waals surface area contributed by atoms with E-state index in [1.165, 1.54) is 51.0 Å². The fraction of sp³-hybridized carbons (Fsp3) is 0.812. The van der Waals surface area contributed by atoms with E-state index in [2.05, 4.69) is 40.0 Å². The molecule has 4 heteroatoms. The van der Waals surface area contributed by atoms with Crippen molar-refractivity contribution >= 4 is 0 Å². The minimum absolute atomic E-state index is 0.820. The molecule has 20 heavy (non-hydrogen) atoms. The van der Waals surface area contributed by atoms with Crippen LogP contribution >= 0.6 is 0 Å². The molecular weight excluding hydrogens is 248 g/mol. The summed E-state index contributed by atoms with van der Waals surface area (Å²) in [4.78, 5) is 2.60. The van der Waals surface area contributed by atoms with Crippen LogP contribution in [0.25, 0.3) is 0 Å². The van der Waals surface area contributed by atoms with Crippen molar-refractivity contribution in [1.82, 2.24) is 20.0 Å². The van der Waals surface area contributed by atoms with E-state index in [1.807, 2.05) is 6.20 Å². The molecule has 1 aliphatic heterocycles. The predicted molar refractivity (Wildman–Crippen MR) is 83.7 cm³/mol. The van der Waals surface area contributed by atoms with Crippen molar-refractivity contribution in [2.75, 3.05) is 26.2 Å². The summed E-state index contributed by atoms with van der Waals surface area (Å²) < 4.78 is 2.07. The minimum Gasteiger partial charge on any atom is -0.316 e. The first-order chi connectivity index (χ1) is 9.81. The summed E-state index contributed by atoms with van der Waals surface area (Å²) >= 11 is 0. The molecule has 0 radical (unpaired) electrons. The first kappa shape index (κ1) is 15.5. The van der Waals surface area contributed by atoms with Crippen LogP contribution in [0.2, 0.25) is 0 Å². The van der Waals surface area contributed by atoms with Gasteiger partial charge in [-0.2, -0.15) is 5.10 Å². The number of hydrogen-bond donors (Lipinski definition) is 1. The van der Waals surface area contributed by atoms with E-state index < -0.39 is 0 Å². The predicted octanol–water partition coefficient (Wildman–Crippen LogP) is 2.50. The summed E-state index contributed by atoms with van der Waals surface area (Å²) in [5.74, 6) is 0.820. The van der Waals surface area contributed by atoms with Crippen LogP contribution in [0.3, 0.4) is 0 Å². The molecule has 0 spiro atoms. The molecule has 0 amide bonds. The van der Waals surface area contributed by atoms with Gasteiger partial charge in [-0.25, -0.2) is 0 Å². The molecule has 4 nitrogen and oxygen atoms in total. The summed E-state index contributed by atoms with van der Waals surface area (Å²) in [6.07, 6.45) is 9.33. The van der Waals surface area contributed by atoms with Gasteiger partial charge in [-0.1, -0.05) is 13.8 Å². The van der Waals surface area contributed by atoms with E-state index >= 15 is 0 Å². The molecule has 1 fully saturated rings. The average Bonchev–Trinajstić information content (AvgIpc) is 2.88. The van der Waals surface area contributed by atoms with Crippen LogP contribution in [-0.4, -0.2) is 40.9 Å². The number of aromatic nitrogens is 2. The Morgan fingerprint density at radius 1 is 1.40 bits per heavy atom. The third-order valence-electron chi connectivity index (χ3n) is 4.00. The smallest absolute Gasteiger partial charge is 0.0534 e. The lowest BCUT2D eigenvalue weighted by molar-refractivity contribution is 0.201. The Labute approximate surface area is 123 Å². The van der Waals surface area contributed by atoms with E-state index in [0.29, 0.717) is 0 Å². The molecule has 1 saturated heterocycles. The largest absolute Gasteiger partial charge is 0.316 e. The molecule has 1 aliphatic rings. The fourth-order valence-corrected chi connectivity index (χ4v) is 3.09. The molecule has 1 aromatic rings. The van der Waals surface area contributed by atoms with E-state index in [-0.39, 0.29) is 0 Å². The molecule has 0 saturated carbocycles. The minimum atomic E-state index is 0.820. The second-order valence-corrected chi connectivity index (χ2v) is 6.06. The van der Waals surface area contributed by atoms with Gasteiger partial charge in [0.2, 0.25) is 0 Å². The molecule has 0 aliphatic carbocycles. The van der Waals surface area contributed by atoms with Crippen LogP contribution < -0.4 is 5.32 Å². The van der Waals surface area contributed by atoms with Crippen LogP contribution in [0.15, 0.2) is 12.4 Å². The van der Waals surface area contributed by atoms with Gasteiger partial charge in [0, 0.05) is 31.4 Å². The highest BCUT2D eigenvalue weighted by Crippen LogP contribution is 2.14. The van der Waals surface area contributed by atoms with E-state index in [0.717, 1.165) is 25.4 Å². The Bertz CT molecular complexity index is 368. The van der Waals surface area contributed by atoms with Crippen molar-refractivity contribution < 1.29 is 0 Å². The number of hydrogen-bond acceptors (Lipinski definition) is 3. The van der Waals surface area contributed by atoms with Crippen molar-refractivity contribution in [3.63, 3.8) is 0 Å². The normalized spacial score (nSPS) is 19.6. The lowest BCUT2D eigenvalue weighted by Gasteiger charge is -2.29. The summed E-state index contributed by atoms with van der Waals surface area (Å²) in [6.45, 7) is 11.3. The first-order valence-corrected chi connectivity index (χ1v) is 8.26. The topological polar surface area (TPSA) is 33.1 Å². The molecule has 1 N–H and O–H groups in total. The SMILES string of the molecule is CCCN(Cc1cnn(CCC)c1)CC1CCCNC1. The highest BCUT2D eigenvalue weighted by molar-refractivity contribution is 5.03. The van der Waals surface area contributed by atoms with Gasteiger partial charge in [0.15, 0.2) is 0 Å². The standard InChI is InChI=1S/C16H30N4/c1-3-8-19(12-15-6-5-7-17-10-15)13-16-11-18-20(14-16)9-4-2/h11,14-15,17H,3-10,12-13H2,1-2H3. The second kappa shape index (κ2) is 8.42. The van der Waals surface area contributed by atoms with E-state index in [4.69, 9.17) is 0 Å². The Kier molecular flexibility index (Phi) is 6.54. The fourth-order valence-electron chi connectivity index (χ4n) is 3.09. The van der Waals surface area contributed by atoms with Crippen molar-refractivity contribution in [2.24, 2.45) is 5.92 Å². The molecule has 1 atom stereocenters. The molecule has 0 bridgehead atoms. The highest BCUT2D eigenvalue weighted by atomic mass is 15.3. The van der Waals surface area contributed by atoms with Gasteiger partial charge in [-0.05, 0) is 51.2 Å². The van der Waals surface area contributed by atoms with Gasteiger partial charge in [0.05, 0.1) is 6.20 Å². The third kappa shape index (κ3) is 4.91. The zero-order valence-electron chi connectivity index (χ0n) is 13.1. The molecule has 2 heterocycles. The maximum atomic E-state index is 4.44. The van der Waals surface area contributed by atoms with Crippen molar-refractivity contribution in [2.45, 2.75) is 52.6 Å². The van der Waals surface area contributed by atoms with Crippen molar-refractivity contribution in [3.8, 4) is 0 Å². The molecule has 114 valence electrons. The van der Waals surface area contributed by atoms with Crippen LogP contribution in [0.5, 0.6) is 0 Å². The monoisotopic (exact) mass is 278 g/mol. The highest BCUT2D eigenvalue weighted by Gasteiger charge is 2.17. The first-order valence-electron chi connectivity index (χ1n) is 8.26. The number of rotatable bonds is 8. The second-order valence-electron chi connectivity index (χ2n) is 6.06. The summed E-state index contributed by atoms with van der Waals surface area (Å²) in [5, 5.41) is 7.97. The van der Waals surface area contributed by atoms with Gasteiger partial charge in [0.1, 0.15) is 0 Å². The molecular formula is C16H30N4. The maximum absolute atomic E-state index is 4.44. The maximum Gasteiger partial charge on any atom is 0.0534 e. The Hall–Kier alpha value is -0.870. The molecule has 1 aromatic heterocycles. The number of aryl methyl sites for hydroxylation is 1. The molecule has 2 rings (SSSR count). The Morgan fingerprint density at radius 3 is 3.00 bits per heavy atom. The third-order valence-corrected chi connectivity index (χ3v) is 4.00. The van der Waals surface area contributed by atoms with Crippen LogP contribution in [-0.2, 0) is 13.1 Å². The zero-order valence-corrected chi connectivity index (χ0v) is 13.1. The van der Waals surface area contributed by atoms with Crippen LogP contribution in [0.4, 0.5) is 0 Å². The van der Waals surface area contributed by atoms with Crippen LogP contribution in [0.1, 0.15) is 45.1 Å². The number of nitrogens with one attached hydrogen (secondary N) is 1. The summed E-state index contributed by atoms with van der Waals surface area (Å²) in [5.41, 5.74) is 1.36. The van der Waals surface area contributed by atoms with Gasteiger partial charge < -0.3 is 5.32 Å². The van der Waals surface area contributed by atoms with Crippen LogP contribution in [0, 0.1) is 5.92 Å². The van der Waals surface area contributed by atoms with E-state index in [1.54, 1.807) is 0 Å². The van der Waals surface area contributed by atoms with Crippen molar-refractivity contribution in [3.05, 3.63) is 18.0 Å².